The Balaban J connectivity index is 2.54. The Bertz CT molecular complexity index is 1030. The van der Waals surface area contributed by atoms with Gasteiger partial charge in [-0.15, -0.1) is 16.8 Å². The van der Waals surface area contributed by atoms with Crippen molar-refractivity contribution in [3.63, 3.8) is 0 Å². The average molecular weight is 439 g/mol. The highest BCUT2D eigenvalue weighted by atomic mass is 32.3. The highest BCUT2D eigenvalue weighted by Crippen LogP contribution is 2.32. The molecule has 0 N–H and O–H groups in total. The Labute approximate surface area is 171 Å². The standard InChI is InChI=1S/C20H22O7S2/c1-5-7-15-9-11-17(25-3)19(13-15)28(21,22)27-29(23,24)20-14-16(8-6-2)10-12-18(20)26-4/h5-6,9-14H,1-2,7-8H2,3-4H3. The lowest BCUT2D eigenvalue weighted by Gasteiger charge is -2.13. The van der Waals surface area contributed by atoms with E-state index in [1.807, 2.05) is 0 Å². The number of hydrogen-bond acceptors (Lipinski definition) is 7. The third-order valence-electron chi connectivity index (χ3n) is 3.93. The molecule has 0 amide bonds. The van der Waals surface area contributed by atoms with Gasteiger partial charge in [0, 0.05) is 0 Å². The number of methoxy groups -OCH3 is 2. The maximum Gasteiger partial charge on any atom is 0.315 e. The zero-order chi connectivity index (χ0) is 21.7. The second kappa shape index (κ2) is 9.25. The molecular formula is C20H22O7S2. The van der Waals surface area contributed by atoms with E-state index >= 15 is 0 Å². The minimum Gasteiger partial charge on any atom is -0.495 e. The Morgan fingerprint density at radius 1 is 0.759 bits per heavy atom. The maximum atomic E-state index is 12.8. The van der Waals surface area contributed by atoms with E-state index in [2.05, 4.69) is 16.8 Å². The zero-order valence-electron chi connectivity index (χ0n) is 16.1. The summed E-state index contributed by atoms with van der Waals surface area (Å²) < 4.78 is 66.0. The lowest BCUT2D eigenvalue weighted by Crippen LogP contribution is -2.16. The first kappa shape index (κ1) is 22.7. The molecule has 0 aliphatic carbocycles. The van der Waals surface area contributed by atoms with Crippen LogP contribution >= 0.6 is 0 Å². The van der Waals surface area contributed by atoms with Gasteiger partial charge in [-0.05, 0) is 48.2 Å². The van der Waals surface area contributed by atoms with Crippen LogP contribution in [0.25, 0.3) is 0 Å². The summed E-state index contributed by atoms with van der Waals surface area (Å²) in [6.07, 6.45) is 3.95. The summed E-state index contributed by atoms with van der Waals surface area (Å²) in [7, 11) is -6.89. The molecule has 0 saturated heterocycles. The van der Waals surface area contributed by atoms with Crippen LogP contribution in [-0.2, 0) is 36.7 Å². The van der Waals surface area contributed by atoms with Gasteiger partial charge in [0.05, 0.1) is 14.2 Å². The Morgan fingerprint density at radius 2 is 1.14 bits per heavy atom. The topological polar surface area (TPSA) is 96.0 Å². The summed E-state index contributed by atoms with van der Waals surface area (Å²) in [5, 5.41) is 0. The molecule has 0 aliphatic heterocycles. The molecule has 0 fully saturated rings. The lowest BCUT2D eigenvalue weighted by molar-refractivity contribution is 0.393. The summed E-state index contributed by atoms with van der Waals surface area (Å²) in [5.41, 5.74) is 1.21. The van der Waals surface area contributed by atoms with Crippen molar-refractivity contribution in [1.82, 2.24) is 0 Å². The van der Waals surface area contributed by atoms with Gasteiger partial charge in [-0.2, -0.15) is 16.8 Å². The fourth-order valence-corrected chi connectivity index (χ4v) is 5.53. The normalized spacial score (nSPS) is 11.7. The highest BCUT2D eigenvalue weighted by Gasteiger charge is 2.32. The van der Waals surface area contributed by atoms with Crippen molar-refractivity contribution in [1.29, 1.82) is 0 Å². The van der Waals surface area contributed by atoms with Crippen molar-refractivity contribution in [2.75, 3.05) is 14.2 Å². The molecule has 0 radical (unpaired) electrons. The smallest absolute Gasteiger partial charge is 0.315 e. The van der Waals surface area contributed by atoms with Crippen molar-refractivity contribution >= 4 is 20.2 Å². The minimum absolute atomic E-state index is 0.0413. The number of benzene rings is 2. The highest BCUT2D eigenvalue weighted by molar-refractivity contribution is 8.00. The molecule has 0 atom stereocenters. The molecule has 0 heterocycles. The largest absolute Gasteiger partial charge is 0.495 e. The van der Waals surface area contributed by atoms with Gasteiger partial charge < -0.3 is 9.47 Å². The second-order valence-electron chi connectivity index (χ2n) is 5.93. The summed E-state index contributed by atoms with van der Waals surface area (Å²) in [4.78, 5) is -0.798. The quantitative estimate of drug-likeness (QED) is 0.525. The first-order chi connectivity index (χ1) is 13.7. The van der Waals surface area contributed by atoms with E-state index in [9.17, 15) is 16.8 Å². The van der Waals surface area contributed by atoms with Gasteiger partial charge >= 0.3 is 20.2 Å². The van der Waals surface area contributed by atoms with E-state index < -0.39 is 30.0 Å². The maximum absolute atomic E-state index is 12.8. The van der Waals surface area contributed by atoms with Crippen molar-refractivity contribution < 1.29 is 29.9 Å². The molecular weight excluding hydrogens is 416 g/mol. The number of rotatable bonds is 10. The number of ether oxygens (including phenoxy) is 2. The van der Waals surface area contributed by atoms with Gasteiger partial charge in [-0.1, -0.05) is 24.3 Å². The van der Waals surface area contributed by atoms with Crippen molar-refractivity contribution in [3.8, 4) is 11.5 Å². The van der Waals surface area contributed by atoms with Crippen LogP contribution in [0.2, 0.25) is 0 Å². The second-order valence-corrected chi connectivity index (χ2v) is 9.17. The van der Waals surface area contributed by atoms with Crippen LogP contribution in [0.4, 0.5) is 0 Å². The Kier molecular flexibility index (Phi) is 7.23. The average Bonchev–Trinajstić information content (AvgIpc) is 2.67. The van der Waals surface area contributed by atoms with E-state index in [1.54, 1.807) is 24.3 Å². The van der Waals surface area contributed by atoms with Crippen LogP contribution in [0.3, 0.4) is 0 Å². The molecule has 156 valence electrons. The van der Waals surface area contributed by atoms with E-state index in [1.165, 1.54) is 38.5 Å². The minimum atomic E-state index is -4.72. The Hall–Kier alpha value is -2.62. The number of allylic oxidation sites excluding steroid dienone is 2. The third-order valence-corrected chi connectivity index (χ3v) is 7.08. The molecule has 0 spiro atoms. The molecule has 2 aromatic carbocycles. The SMILES string of the molecule is C=CCc1ccc(OC)c(S(=O)(=O)OS(=O)(=O)c2cc(CC=C)ccc2OC)c1. The summed E-state index contributed by atoms with van der Waals surface area (Å²) in [5.74, 6) is -0.0826. The zero-order valence-corrected chi connectivity index (χ0v) is 17.8. The fourth-order valence-electron chi connectivity index (χ4n) is 2.61. The lowest BCUT2D eigenvalue weighted by atomic mass is 10.1. The summed E-state index contributed by atoms with van der Waals surface area (Å²) in [6, 6.07) is 8.72. The Morgan fingerprint density at radius 3 is 1.45 bits per heavy atom. The molecule has 0 unspecified atom stereocenters. The monoisotopic (exact) mass is 438 g/mol. The fraction of sp³-hybridized carbons (Fsp3) is 0.200. The van der Waals surface area contributed by atoms with Crippen molar-refractivity contribution in [2.24, 2.45) is 0 Å². The summed E-state index contributed by atoms with van der Waals surface area (Å²) in [6.45, 7) is 7.21. The first-order valence-electron chi connectivity index (χ1n) is 8.45. The predicted molar refractivity (Wildman–Crippen MR) is 109 cm³/mol. The van der Waals surface area contributed by atoms with Crippen LogP contribution in [0.15, 0.2) is 71.5 Å². The van der Waals surface area contributed by atoms with Gasteiger partial charge in [-0.3, -0.25) is 0 Å². The molecule has 29 heavy (non-hydrogen) atoms. The van der Waals surface area contributed by atoms with E-state index in [0.717, 1.165) is 0 Å². The molecule has 9 heteroatoms. The van der Waals surface area contributed by atoms with E-state index in [-0.39, 0.29) is 11.5 Å². The third kappa shape index (κ3) is 5.26. The van der Waals surface area contributed by atoms with Crippen LogP contribution in [0, 0.1) is 0 Å². The number of hydrogen-bond donors (Lipinski definition) is 0. The van der Waals surface area contributed by atoms with Gasteiger partial charge in [0.2, 0.25) is 0 Å². The summed E-state index contributed by atoms with van der Waals surface area (Å²) >= 11 is 0. The molecule has 0 aromatic heterocycles. The van der Waals surface area contributed by atoms with E-state index in [0.29, 0.717) is 24.0 Å². The van der Waals surface area contributed by atoms with Gasteiger partial charge in [0.25, 0.3) is 0 Å². The molecule has 2 rings (SSSR count). The van der Waals surface area contributed by atoms with Crippen LogP contribution in [0.1, 0.15) is 11.1 Å². The van der Waals surface area contributed by atoms with Gasteiger partial charge in [0.15, 0.2) is 0 Å². The molecule has 0 saturated carbocycles. The first-order valence-corrected chi connectivity index (χ1v) is 11.3. The predicted octanol–water partition coefficient (Wildman–Crippen LogP) is 3.26. The molecule has 0 bridgehead atoms. The van der Waals surface area contributed by atoms with Gasteiger partial charge in [-0.25, -0.2) is 0 Å². The van der Waals surface area contributed by atoms with Gasteiger partial charge in [0.1, 0.15) is 21.3 Å². The van der Waals surface area contributed by atoms with Crippen LogP contribution in [-0.4, -0.2) is 31.1 Å². The van der Waals surface area contributed by atoms with Crippen molar-refractivity contribution in [2.45, 2.75) is 22.6 Å². The molecule has 0 aliphatic rings. The molecule has 2 aromatic rings. The van der Waals surface area contributed by atoms with Crippen LogP contribution < -0.4 is 9.47 Å². The van der Waals surface area contributed by atoms with Crippen LogP contribution in [0.5, 0.6) is 11.5 Å². The van der Waals surface area contributed by atoms with Crippen molar-refractivity contribution in [3.05, 3.63) is 72.8 Å². The molecule has 7 nitrogen and oxygen atoms in total. The van der Waals surface area contributed by atoms with E-state index in [4.69, 9.17) is 9.47 Å².